The summed E-state index contributed by atoms with van der Waals surface area (Å²) >= 11 is 0. The summed E-state index contributed by atoms with van der Waals surface area (Å²) in [5.41, 5.74) is 10.5. The summed E-state index contributed by atoms with van der Waals surface area (Å²) in [7, 11) is -13.4. The van der Waals surface area contributed by atoms with Crippen molar-refractivity contribution in [1.82, 2.24) is 21.3 Å². The van der Waals surface area contributed by atoms with Crippen LogP contribution in [0.2, 0.25) is 0 Å². The van der Waals surface area contributed by atoms with Crippen molar-refractivity contribution in [3.05, 3.63) is 358 Å². The van der Waals surface area contributed by atoms with Crippen molar-refractivity contribution < 1.29 is 56.4 Å². The number of amides is 4. The van der Waals surface area contributed by atoms with Gasteiger partial charge in [-0.1, -0.05) is 374 Å². The van der Waals surface area contributed by atoms with Crippen LogP contribution in [0.3, 0.4) is 0 Å². The van der Waals surface area contributed by atoms with Gasteiger partial charge in [0.2, 0.25) is 23.6 Å². The molecule has 0 saturated heterocycles. The van der Waals surface area contributed by atoms with E-state index in [2.05, 4.69) is 153 Å². The van der Waals surface area contributed by atoms with E-state index in [1.165, 1.54) is 0 Å². The van der Waals surface area contributed by atoms with E-state index in [-0.39, 0.29) is 69.9 Å². The zero-order chi connectivity index (χ0) is 96.7. The van der Waals surface area contributed by atoms with Crippen molar-refractivity contribution in [3.8, 4) is 23.0 Å². The summed E-state index contributed by atoms with van der Waals surface area (Å²) in [6.07, 6.45) is 5.32. The number of nitrogens with one attached hydrogen (secondary N) is 4. The molecule has 1 aliphatic rings. The smallest absolute Gasteiger partial charge is 0.228 e. The van der Waals surface area contributed by atoms with E-state index in [9.17, 15) is 19.2 Å². The van der Waals surface area contributed by atoms with E-state index in [0.717, 1.165) is 89.8 Å². The Labute approximate surface area is 807 Å². The fourth-order valence-corrected chi connectivity index (χ4v) is 27.5. The SMILES string of the molecule is CC(C)(C)c1cc2c(OCCCCNC(=O)CP(=O)(c3ccccc3)c3ccccc3)c(c1)Cc1cc(C(C)(C)C)cc(c1OCCCCNC(=O)CP(=O)(c1ccccc1)c1ccccc1)Cc1cc(C(C)(C)C)cc(c1OCCCCNC(=O)CP(=O)(c1ccccc1)c1ccccc1)Cc1cc(C(C)(C)C)cc(c1OCCCCNC(=O)CP(=O)(c1ccccc1)c1ccccc1)C2. The van der Waals surface area contributed by atoms with Gasteiger partial charge in [0.05, 0.1) is 51.1 Å². The van der Waals surface area contributed by atoms with Gasteiger partial charge in [0.15, 0.2) is 28.6 Å². The third kappa shape index (κ3) is 26.7. The summed E-state index contributed by atoms with van der Waals surface area (Å²) in [5, 5.41) is 17.6. The Morgan fingerprint density at radius 3 is 0.500 bits per heavy atom. The van der Waals surface area contributed by atoms with Gasteiger partial charge in [0.1, 0.15) is 23.0 Å². The molecule has 20 heteroatoms. The van der Waals surface area contributed by atoms with Gasteiger partial charge in [0, 0.05) is 94.3 Å². The molecule has 0 fully saturated rings. The van der Waals surface area contributed by atoms with Crippen molar-refractivity contribution in [2.45, 2.75) is 182 Å². The molecule has 12 aromatic carbocycles. The molecule has 0 saturated carbocycles. The number of rotatable bonds is 40. The lowest BCUT2D eigenvalue weighted by Crippen LogP contribution is -2.31. The lowest BCUT2D eigenvalue weighted by atomic mass is 9.79. The van der Waals surface area contributed by atoms with Gasteiger partial charge in [-0.2, -0.15) is 0 Å². The second-order valence-electron chi connectivity index (χ2n) is 40.1. The molecule has 136 heavy (non-hydrogen) atoms. The molecule has 0 spiro atoms. The van der Waals surface area contributed by atoms with Crippen LogP contribution in [-0.4, -0.2) is 101 Å². The molecule has 0 radical (unpaired) electrons. The summed E-state index contributed by atoms with van der Waals surface area (Å²) in [6.45, 7) is 29.4. The normalized spacial score (nSPS) is 12.7. The van der Waals surface area contributed by atoms with Gasteiger partial charge in [-0.15, -0.1) is 0 Å². The first-order valence-corrected chi connectivity index (χ1v) is 55.7. The molecule has 4 N–H and O–H groups in total. The molecule has 16 nitrogen and oxygen atoms in total. The Kier molecular flexibility index (Phi) is 34.7. The van der Waals surface area contributed by atoms with Crippen LogP contribution in [0.5, 0.6) is 23.0 Å². The quantitative estimate of drug-likeness (QED) is 0.0208. The molecule has 13 rings (SSSR count). The molecule has 712 valence electrons. The zero-order valence-corrected chi connectivity index (χ0v) is 84.9. The maximum Gasteiger partial charge on any atom is 0.228 e. The minimum atomic E-state index is -3.35. The predicted molar refractivity (Wildman–Crippen MR) is 561 cm³/mol. The number of ether oxygens (including phenoxy) is 4. The Balaban J connectivity index is 0.883. The van der Waals surface area contributed by atoms with E-state index in [0.29, 0.717) is 172 Å². The van der Waals surface area contributed by atoms with E-state index >= 15 is 18.3 Å². The number of carbonyl (C=O) groups is 4. The Morgan fingerprint density at radius 2 is 0.368 bits per heavy atom. The molecular weight excluding hydrogens is 1770 g/mol. The highest BCUT2D eigenvalue weighted by atomic mass is 31.2. The summed E-state index contributed by atoms with van der Waals surface area (Å²) < 4.78 is 90.4. The van der Waals surface area contributed by atoms with Crippen LogP contribution in [0.4, 0.5) is 0 Å². The number of hydrogen-bond acceptors (Lipinski definition) is 12. The molecular formula is C116H136N4O12P4. The molecule has 4 amide bonds. The molecule has 0 heterocycles. The molecule has 0 aromatic heterocycles. The average molecular weight is 1900 g/mol. The van der Waals surface area contributed by atoms with E-state index < -0.39 is 28.6 Å². The highest BCUT2D eigenvalue weighted by Crippen LogP contribution is 2.50. The summed E-state index contributed by atoms with van der Waals surface area (Å²) in [5.74, 6) is 1.73. The molecule has 0 unspecified atom stereocenters. The molecule has 0 atom stereocenters. The minimum Gasteiger partial charge on any atom is -0.493 e. The lowest BCUT2D eigenvalue weighted by Gasteiger charge is -2.29. The molecule has 0 aliphatic heterocycles. The maximum absolute atomic E-state index is 15.1. The van der Waals surface area contributed by atoms with Gasteiger partial charge in [-0.25, -0.2) is 0 Å². The van der Waals surface area contributed by atoms with Gasteiger partial charge >= 0.3 is 0 Å². The number of carbonyl (C=O) groups excluding carboxylic acids is 4. The number of benzene rings is 12. The predicted octanol–water partition coefficient (Wildman–Crippen LogP) is 20.7. The van der Waals surface area contributed by atoms with Crippen LogP contribution in [0.15, 0.2) is 291 Å². The van der Waals surface area contributed by atoms with Gasteiger partial charge in [-0.3, -0.25) is 19.2 Å². The number of fused-ring (bicyclic) bond motifs is 8. The van der Waals surface area contributed by atoms with E-state index in [4.69, 9.17) is 18.9 Å². The average Bonchev–Trinajstić information content (AvgIpc) is 0.749. The van der Waals surface area contributed by atoms with E-state index in [1.54, 1.807) is 0 Å². The van der Waals surface area contributed by atoms with Crippen LogP contribution in [0, 0.1) is 0 Å². The van der Waals surface area contributed by atoms with Crippen molar-refractivity contribution in [2.75, 3.05) is 77.3 Å². The lowest BCUT2D eigenvalue weighted by molar-refractivity contribution is -0.119. The van der Waals surface area contributed by atoms with Crippen molar-refractivity contribution >= 4 is 94.6 Å². The van der Waals surface area contributed by atoms with Crippen LogP contribution in [-0.2, 0) is 84.8 Å². The molecule has 1 aliphatic carbocycles. The van der Waals surface area contributed by atoms with Gasteiger partial charge in [-0.05, 0) is 140 Å². The van der Waals surface area contributed by atoms with Crippen molar-refractivity contribution in [1.29, 1.82) is 0 Å². The van der Waals surface area contributed by atoms with Crippen LogP contribution in [0.25, 0.3) is 0 Å². The zero-order valence-electron chi connectivity index (χ0n) is 81.4. The third-order valence-electron chi connectivity index (χ3n) is 25.4. The fourth-order valence-electron chi connectivity index (χ4n) is 17.6. The second kappa shape index (κ2) is 46.2. The molecule has 12 aromatic rings. The molecule has 8 bridgehead atoms. The third-order valence-corrected chi connectivity index (χ3v) is 37.4. The minimum absolute atomic E-state index is 0.177. The Bertz CT molecular complexity index is 5230. The summed E-state index contributed by atoms with van der Waals surface area (Å²) in [4.78, 5) is 56.7. The first-order valence-electron chi connectivity index (χ1n) is 48.1. The maximum atomic E-state index is 15.1. The van der Waals surface area contributed by atoms with E-state index in [1.807, 2.05) is 243 Å². The highest BCUT2D eigenvalue weighted by Gasteiger charge is 2.37. The summed E-state index contributed by atoms with van der Waals surface area (Å²) in [6, 6.07) is 92.7. The number of hydrogen-bond donors (Lipinski definition) is 4. The standard InChI is InChI=1S/C116H136N4O12P4/c1-113(2,3)93-73-85-69-87-75-94(114(4,5)6)77-89(110(87)130-66-42-38-62-118-106(122)82-134(126,99-49-25-15-26-50-99)100-51-27-16-28-52-100)71-91-79-96(116(10,11)12)80-92(112(91)132-68-44-40-64-120-108(124)84-136(128,103-57-33-19-34-58-103)104-59-35-20-36-60-104)72-90-78-95(115(7,8)9)76-88(111(90)131-67-43-39-63-119-107(123)83-135(127,101-53-29-17-30-54-101)102-55-31-18-32-56-102)70-86(74-93)109(85)129-65-41-37-61-117-105(121)81-133(125,97-45-21-13-22-46-97)98-47-23-14-24-48-98/h13-36,45-60,73-80H,37-44,61-72,81-84H2,1-12H3,(H,117,121)(H,118,122)(H,119,123)(H,120,124). The first kappa shape index (κ1) is 102. The van der Waals surface area contributed by atoms with Crippen LogP contribution >= 0.6 is 28.6 Å². The van der Waals surface area contributed by atoms with Crippen molar-refractivity contribution in [3.63, 3.8) is 0 Å². The first-order chi connectivity index (χ1) is 65.1. The highest BCUT2D eigenvalue weighted by molar-refractivity contribution is 7.80. The fraction of sp³-hybridized carbons (Fsp3) is 0.345. The Hall–Kier alpha value is -11.4. The topological polar surface area (TPSA) is 222 Å². The van der Waals surface area contributed by atoms with Gasteiger partial charge in [0.25, 0.3) is 0 Å². The van der Waals surface area contributed by atoms with Crippen LogP contribution < -0.4 is 82.7 Å². The van der Waals surface area contributed by atoms with Crippen LogP contribution in [0.1, 0.15) is 201 Å². The second-order valence-corrected chi connectivity index (χ2v) is 51.4. The Morgan fingerprint density at radius 1 is 0.228 bits per heavy atom. The monoisotopic (exact) mass is 1900 g/mol. The number of unbranched alkanes of at least 4 members (excludes halogenated alkanes) is 4. The largest absolute Gasteiger partial charge is 0.493 e. The van der Waals surface area contributed by atoms with Crippen molar-refractivity contribution in [2.24, 2.45) is 0 Å². The van der Waals surface area contributed by atoms with Gasteiger partial charge < -0.3 is 58.5 Å².